The van der Waals surface area contributed by atoms with Crippen LogP contribution in [0.15, 0.2) is 47.5 Å². The standard InChI is InChI=1S/C20H24FN5.HI/c1-4-22-20(23-12-15-9-10-16(21)14(2)11-15)24-13-19-25-17-7-5-6-8-18(17)26(19)3;/h5-11H,4,12-13H2,1-3H3,(H2,22,23,24);1H. The Hall–Kier alpha value is -2.16. The summed E-state index contributed by atoms with van der Waals surface area (Å²) in [7, 11) is 2.01. The van der Waals surface area contributed by atoms with Crippen LogP contribution in [0.25, 0.3) is 11.0 Å². The third-order valence-electron chi connectivity index (χ3n) is 4.28. The van der Waals surface area contributed by atoms with Crippen molar-refractivity contribution in [3.05, 3.63) is 65.2 Å². The summed E-state index contributed by atoms with van der Waals surface area (Å²) in [6.45, 7) is 5.60. The molecule has 1 aromatic heterocycles. The highest BCUT2D eigenvalue weighted by molar-refractivity contribution is 14.0. The minimum atomic E-state index is -0.190. The van der Waals surface area contributed by atoms with Crippen LogP contribution in [0, 0.1) is 12.7 Å². The monoisotopic (exact) mass is 481 g/mol. The number of benzene rings is 2. The molecule has 0 saturated heterocycles. The summed E-state index contributed by atoms with van der Waals surface area (Å²) < 4.78 is 15.5. The maximum atomic E-state index is 13.4. The van der Waals surface area contributed by atoms with Crippen LogP contribution in [0.2, 0.25) is 0 Å². The molecule has 0 amide bonds. The topological polar surface area (TPSA) is 54.2 Å². The lowest BCUT2D eigenvalue weighted by Gasteiger charge is -2.11. The number of fused-ring (bicyclic) bond motifs is 1. The predicted octanol–water partition coefficient (Wildman–Crippen LogP) is 3.89. The van der Waals surface area contributed by atoms with Crippen molar-refractivity contribution in [2.75, 3.05) is 6.54 Å². The SMILES string of the molecule is CCNC(=NCc1ccc(F)c(C)c1)NCc1nc2ccccc2n1C.I. The van der Waals surface area contributed by atoms with E-state index in [0.717, 1.165) is 29.0 Å². The zero-order chi connectivity index (χ0) is 18.5. The summed E-state index contributed by atoms with van der Waals surface area (Å²) in [6.07, 6.45) is 0. The molecule has 5 nitrogen and oxygen atoms in total. The quantitative estimate of drug-likeness (QED) is 0.330. The molecule has 144 valence electrons. The number of aromatic nitrogens is 2. The van der Waals surface area contributed by atoms with E-state index in [0.29, 0.717) is 24.6 Å². The molecule has 0 aliphatic heterocycles. The molecule has 0 saturated carbocycles. The Morgan fingerprint density at radius 3 is 2.67 bits per heavy atom. The molecule has 2 aromatic carbocycles. The number of hydrogen-bond acceptors (Lipinski definition) is 2. The molecule has 0 fully saturated rings. The van der Waals surface area contributed by atoms with E-state index in [1.165, 1.54) is 6.07 Å². The van der Waals surface area contributed by atoms with Gasteiger partial charge in [0.25, 0.3) is 0 Å². The van der Waals surface area contributed by atoms with Gasteiger partial charge in [-0.3, -0.25) is 0 Å². The molecule has 0 aliphatic carbocycles. The number of guanidine groups is 1. The fourth-order valence-corrected chi connectivity index (χ4v) is 2.83. The van der Waals surface area contributed by atoms with Gasteiger partial charge < -0.3 is 15.2 Å². The van der Waals surface area contributed by atoms with E-state index in [4.69, 9.17) is 0 Å². The molecular weight excluding hydrogens is 456 g/mol. The van der Waals surface area contributed by atoms with Gasteiger partial charge in [0.2, 0.25) is 0 Å². The number of aryl methyl sites for hydroxylation is 2. The van der Waals surface area contributed by atoms with Gasteiger partial charge in [-0.25, -0.2) is 14.4 Å². The Balaban J connectivity index is 0.00000261. The Labute approximate surface area is 176 Å². The number of hydrogen-bond donors (Lipinski definition) is 2. The van der Waals surface area contributed by atoms with Crippen molar-refractivity contribution in [1.29, 1.82) is 0 Å². The summed E-state index contributed by atoms with van der Waals surface area (Å²) in [6, 6.07) is 13.1. The zero-order valence-electron chi connectivity index (χ0n) is 15.8. The Morgan fingerprint density at radius 2 is 1.96 bits per heavy atom. The van der Waals surface area contributed by atoms with E-state index in [9.17, 15) is 4.39 Å². The molecular formula is C20H25FIN5. The molecule has 0 atom stereocenters. The van der Waals surface area contributed by atoms with E-state index in [1.54, 1.807) is 13.0 Å². The molecule has 3 rings (SSSR count). The second kappa shape index (κ2) is 9.68. The Kier molecular flexibility index (Phi) is 7.58. The first-order valence-corrected chi connectivity index (χ1v) is 8.76. The van der Waals surface area contributed by atoms with Crippen LogP contribution in [-0.4, -0.2) is 22.1 Å². The molecule has 0 spiro atoms. The maximum Gasteiger partial charge on any atom is 0.191 e. The van der Waals surface area contributed by atoms with Crippen LogP contribution in [0.1, 0.15) is 23.9 Å². The zero-order valence-corrected chi connectivity index (χ0v) is 18.1. The minimum absolute atomic E-state index is 0. The number of para-hydroxylation sites is 2. The first kappa shape index (κ1) is 21.1. The number of nitrogens with zero attached hydrogens (tertiary/aromatic N) is 3. The van der Waals surface area contributed by atoms with E-state index < -0.39 is 0 Å². The van der Waals surface area contributed by atoms with Crippen molar-refractivity contribution >= 4 is 41.0 Å². The average molecular weight is 481 g/mol. The van der Waals surface area contributed by atoms with E-state index in [1.807, 2.05) is 38.2 Å². The second-order valence-electron chi connectivity index (χ2n) is 6.21. The summed E-state index contributed by atoms with van der Waals surface area (Å²) in [4.78, 5) is 9.25. The van der Waals surface area contributed by atoms with Gasteiger partial charge in [-0.1, -0.05) is 24.3 Å². The highest BCUT2D eigenvalue weighted by atomic mass is 127. The summed E-state index contributed by atoms with van der Waals surface area (Å²) in [5, 5.41) is 6.55. The van der Waals surface area contributed by atoms with E-state index >= 15 is 0 Å². The molecule has 3 aromatic rings. The van der Waals surface area contributed by atoms with Crippen LogP contribution < -0.4 is 10.6 Å². The lowest BCUT2D eigenvalue weighted by molar-refractivity contribution is 0.617. The first-order chi connectivity index (χ1) is 12.6. The summed E-state index contributed by atoms with van der Waals surface area (Å²) in [5.74, 6) is 1.46. The van der Waals surface area contributed by atoms with Gasteiger partial charge in [-0.15, -0.1) is 24.0 Å². The summed E-state index contributed by atoms with van der Waals surface area (Å²) >= 11 is 0. The van der Waals surface area contributed by atoms with Crippen molar-refractivity contribution in [3.8, 4) is 0 Å². The third-order valence-corrected chi connectivity index (χ3v) is 4.28. The van der Waals surface area contributed by atoms with Crippen LogP contribution in [-0.2, 0) is 20.1 Å². The number of aliphatic imine (C=N–C) groups is 1. The van der Waals surface area contributed by atoms with Crippen molar-refractivity contribution in [1.82, 2.24) is 20.2 Å². The highest BCUT2D eigenvalue weighted by Gasteiger charge is 2.08. The number of nitrogens with one attached hydrogen (secondary N) is 2. The number of rotatable bonds is 5. The molecule has 7 heteroatoms. The lowest BCUT2D eigenvalue weighted by Crippen LogP contribution is -2.37. The molecule has 0 bridgehead atoms. The molecule has 27 heavy (non-hydrogen) atoms. The van der Waals surface area contributed by atoms with Gasteiger partial charge in [-0.2, -0.15) is 0 Å². The molecule has 0 aliphatic rings. The molecule has 2 N–H and O–H groups in total. The third kappa shape index (κ3) is 5.18. The molecule has 1 heterocycles. The first-order valence-electron chi connectivity index (χ1n) is 8.76. The predicted molar refractivity (Wildman–Crippen MR) is 119 cm³/mol. The summed E-state index contributed by atoms with van der Waals surface area (Å²) in [5.41, 5.74) is 3.70. The van der Waals surface area contributed by atoms with Crippen molar-refractivity contribution < 1.29 is 4.39 Å². The Bertz CT molecular complexity index is 935. The van der Waals surface area contributed by atoms with Gasteiger partial charge in [0.1, 0.15) is 11.6 Å². The van der Waals surface area contributed by atoms with Crippen LogP contribution >= 0.6 is 24.0 Å². The molecule has 0 unspecified atom stereocenters. The van der Waals surface area contributed by atoms with Crippen LogP contribution in [0.4, 0.5) is 4.39 Å². The van der Waals surface area contributed by atoms with Crippen molar-refractivity contribution in [3.63, 3.8) is 0 Å². The van der Waals surface area contributed by atoms with Crippen molar-refractivity contribution in [2.45, 2.75) is 26.9 Å². The number of imidazole rings is 1. The fraction of sp³-hybridized carbons (Fsp3) is 0.300. The average Bonchev–Trinajstić information content (AvgIpc) is 2.96. The highest BCUT2D eigenvalue weighted by Crippen LogP contribution is 2.14. The minimum Gasteiger partial charge on any atom is -0.357 e. The normalized spacial score (nSPS) is 11.3. The largest absolute Gasteiger partial charge is 0.357 e. The van der Waals surface area contributed by atoms with Gasteiger partial charge in [0, 0.05) is 13.6 Å². The fourth-order valence-electron chi connectivity index (χ4n) is 2.83. The van der Waals surface area contributed by atoms with Gasteiger partial charge in [-0.05, 0) is 43.2 Å². The maximum absolute atomic E-state index is 13.4. The van der Waals surface area contributed by atoms with Gasteiger partial charge in [0.15, 0.2) is 5.96 Å². The number of halogens is 2. The lowest BCUT2D eigenvalue weighted by atomic mass is 10.1. The van der Waals surface area contributed by atoms with E-state index in [2.05, 4.69) is 31.2 Å². The Morgan fingerprint density at radius 1 is 1.19 bits per heavy atom. The van der Waals surface area contributed by atoms with Gasteiger partial charge in [0.05, 0.1) is 24.1 Å². The van der Waals surface area contributed by atoms with Gasteiger partial charge >= 0.3 is 0 Å². The smallest absolute Gasteiger partial charge is 0.191 e. The molecule has 0 radical (unpaired) electrons. The second-order valence-corrected chi connectivity index (χ2v) is 6.21. The van der Waals surface area contributed by atoms with E-state index in [-0.39, 0.29) is 29.8 Å². The van der Waals surface area contributed by atoms with Crippen molar-refractivity contribution in [2.24, 2.45) is 12.0 Å². The van der Waals surface area contributed by atoms with Crippen LogP contribution in [0.3, 0.4) is 0 Å². The van der Waals surface area contributed by atoms with Crippen LogP contribution in [0.5, 0.6) is 0 Å².